The molecule has 1 aromatic carbocycles. The maximum Gasteiger partial charge on any atom is 0.130 e. The Morgan fingerprint density at radius 1 is 1.42 bits per heavy atom. The topological polar surface area (TPSA) is 39.1 Å². The van der Waals surface area contributed by atoms with Crippen molar-refractivity contribution >= 4 is 0 Å². The predicted molar refractivity (Wildman–Crippen MR) is 76.3 cm³/mol. The number of ether oxygens (including phenoxy) is 1. The minimum atomic E-state index is 0.0742. The molecule has 4 heteroatoms. The minimum absolute atomic E-state index is 0.0742. The van der Waals surface area contributed by atoms with Crippen molar-refractivity contribution in [3.8, 4) is 5.75 Å². The van der Waals surface area contributed by atoms with Gasteiger partial charge in [-0.25, -0.2) is 4.98 Å². The fourth-order valence-electron chi connectivity index (χ4n) is 2.10. The van der Waals surface area contributed by atoms with Crippen molar-refractivity contribution in [1.29, 1.82) is 0 Å². The van der Waals surface area contributed by atoms with Gasteiger partial charge in [-0.1, -0.05) is 19.1 Å². The van der Waals surface area contributed by atoms with Crippen LogP contribution in [0.25, 0.3) is 0 Å². The fraction of sp³-hybridized carbons (Fsp3) is 0.400. The molecular weight excluding hydrogens is 238 g/mol. The van der Waals surface area contributed by atoms with Crippen molar-refractivity contribution < 1.29 is 4.74 Å². The normalized spacial score (nSPS) is 12.4. The van der Waals surface area contributed by atoms with E-state index in [0.717, 1.165) is 30.2 Å². The van der Waals surface area contributed by atoms with Gasteiger partial charge in [0.05, 0.1) is 12.6 Å². The van der Waals surface area contributed by atoms with E-state index in [1.807, 2.05) is 43.2 Å². The summed E-state index contributed by atoms with van der Waals surface area (Å²) in [4.78, 5) is 4.41. The Labute approximate surface area is 114 Å². The fourth-order valence-corrected chi connectivity index (χ4v) is 2.10. The second kappa shape index (κ2) is 6.38. The lowest BCUT2D eigenvalue weighted by Crippen LogP contribution is -2.21. The molecule has 0 saturated carbocycles. The summed E-state index contributed by atoms with van der Waals surface area (Å²) in [6.07, 6.45) is 4.78. The van der Waals surface area contributed by atoms with Gasteiger partial charge in [0.25, 0.3) is 0 Å². The van der Waals surface area contributed by atoms with Crippen molar-refractivity contribution in [3.05, 3.63) is 48.0 Å². The quantitative estimate of drug-likeness (QED) is 0.866. The van der Waals surface area contributed by atoms with Gasteiger partial charge in [0.1, 0.15) is 11.6 Å². The maximum absolute atomic E-state index is 5.68. The third kappa shape index (κ3) is 3.15. The molecule has 2 aromatic rings. The second-order valence-electron chi connectivity index (χ2n) is 4.54. The van der Waals surface area contributed by atoms with Crippen molar-refractivity contribution in [2.24, 2.45) is 7.05 Å². The Morgan fingerprint density at radius 2 is 2.26 bits per heavy atom. The lowest BCUT2D eigenvalue weighted by molar-refractivity contribution is 0.317. The van der Waals surface area contributed by atoms with E-state index in [9.17, 15) is 0 Å². The van der Waals surface area contributed by atoms with Gasteiger partial charge in [-0.15, -0.1) is 0 Å². The van der Waals surface area contributed by atoms with Crippen molar-refractivity contribution in [1.82, 2.24) is 14.9 Å². The van der Waals surface area contributed by atoms with Gasteiger partial charge >= 0.3 is 0 Å². The molecule has 0 spiro atoms. The number of rotatable bonds is 6. The van der Waals surface area contributed by atoms with Crippen molar-refractivity contribution in [2.45, 2.75) is 19.4 Å². The van der Waals surface area contributed by atoms with Crippen LogP contribution >= 0.6 is 0 Å². The molecule has 0 aliphatic carbocycles. The van der Waals surface area contributed by atoms with E-state index in [2.05, 4.69) is 29.4 Å². The van der Waals surface area contributed by atoms with Gasteiger partial charge in [0, 0.05) is 19.4 Å². The molecule has 1 unspecified atom stereocenters. The summed E-state index contributed by atoms with van der Waals surface area (Å²) in [6, 6.07) is 8.25. The molecule has 4 nitrogen and oxygen atoms in total. The van der Waals surface area contributed by atoms with E-state index in [-0.39, 0.29) is 6.04 Å². The number of aromatic nitrogens is 2. The van der Waals surface area contributed by atoms with E-state index >= 15 is 0 Å². The molecule has 102 valence electrons. The first kappa shape index (κ1) is 13.6. The molecule has 1 atom stereocenters. The highest BCUT2D eigenvalue weighted by Gasteiger charge is 2.16. The molecule has 19 heavy (non-hydrogen) atoms. The second-order valence-corrected chi connectivity index (χ2v) is 4.54. The number of aryl methyl sites for hydroxylation is 1. The maximum atomic E-state index is 5.68. The first-order valence-electron chi connectivity index (χ1n) is 6.63. The highest BCUT2D eigenvalue weighted by molar-refractivity contribution is 5.33. The van der Waals surface area contributed by atoms with Crippen LogP contribution < -0.4 is 10.1 Å². The molecule has 0 aliphatic heterocycles. The van der Waals surface area contributed by atoms with Gasteiger partial charge in [0.2, 0.25) is 0 Å². The first-order valence-corrected chi connectivity index (χ1v) is 6.63. The third-order valence-corrected chi connectivity index (χ3v) is 3.07. The largest absolute Gasteiger partial charge is 0.494 e. The van der Waals surface area contributed by atoms with Crippen LogP contribution in [0.2, 0.25) is 0 Å². The lowest BCUT2D eigenvalue weighted by Gasteiger charge is -2.17. The van der Waals surface area contributed by atoms with Gasteiger partial charge < -0.3 is 14.6 Å². The average molecular weight is 259 g/mol. The summed E-state index contributed by atoms with van der Waals surface area (Å²) in [7, 11) is 3.95. The molecule has 1 heterocycles. The summed E-state index contributed by atoms with van der Waals surface area (Å²) < 4.78 is 7.71. The van der Waals surface area contributed by atoms with Crippen LogP contribution in [0.3, 0.4) is 0 Å². The first-order chi connectivity index (χ1) is 9.26. The van der Waals surface area contributed by atoms with Gasteiger partial charge in [-0.05, 0) is 31.2 Å². The number of nitrogens with zero attached hydrogens (tertiary/aromatic N) is 2. The van der Waals surface area contributed by atoms with Gasteiger partial charge in [-0.3, -0.25) is 0 Å². The average Bonchev–Trinajstić information content (AvgIpc) is 2.84. The molecular formula is C15H21N3O. The van der Waals surface area contributed by atoms with Crippen LogP contribution in [0.1, 0.15) is 30.8 Å². The Balaban J connectivity index is 2.26. The third-order valence-electron chi connectivity index (χ3n) is 3.07. The smallest absolute Gasteiger partial charge is 0.130 e. The molecule has 0 radical (unpaired) electrons. The highest BCUT2D eigenvalue weighted by atomic mass is 16.5. The molecule has 0 aliphatic rings. The van der Waals surface area contributed by atoms with Crippen molar-refractivity contribution in [2.75, 3.05) is 13.7 Å². The summed E-state index contributed by atoms with van der Waals surface area (Å²) in [5.74, 6) is 1.91. The monoisotopic (exact) mass is 259 g/mol. The zero-order valence-corrected chi connectivity index (χ0v) is 11.8. The van der Waals surface area contributed by atoms with Crippen LogP contribution in [0.15, 0.2) is 36.7 Å². The Bertz CT molecular complexity index is 522. The van der Waals surface area contributed by atoms with Crippen LogP contribution in [-0.2, 0) is 7.05 Å². The predicted octanol–water partition coefficient (Wildman–Crippen LogP) is 2.52. The van der Waals surface area contributed by atoms with Crippen LogP contribution in [0.5, 0.6) is 5.75 Å². The molecule has 0 fully saturated rings. The zero-order valence-electron chi connectivity index (χ0n) is 11.8. The Morgan fingerprint density at radius 3 is 2.89 bits per heavy atom. The SMILES string of the molecule is CCCOc1cccc(C(NC)c2nccn2C)c1. The van der Waals surface area contributed by atoms with E-state index in [4.69, 9.17) is 4.74 Å². The zero-order chi connectivity index (χ0) is 13.7. The van der Waals surface area contributed by atoms with Gasteiger partial charge in [0.15, 0.2) is 0 Å². The van der Waals surface area contributed by atoms with Crippen molar-refractivity contribution in [3.63, 3.8) is 0 Å². The molecule has 0 bridgehead atoms. The summed E-state index contributed by atoms with van der Waals surface area (Å²) in [5, 5.41) is 3.31. The standard InChI is InChI=1S/C15H21N3O/c1-4-10-19-13-7-5-6-12(11-13)14(16-2)15-17-8-9-18(15)3/h5-9,11,14,16H,4,10H2,1-3H3. The highest BCUT2D eigenvalue weighted by Crippen LogP contribution is 2.23. The molecule has 1 N–H and O–H groups in total. The lowest BCUT2D eigenvalue weighted by atomic mass is 10.1. The van der Waals surface area contributed by atoms with E-state index in [1.54, 1.807) is 0 Å². The minimum Gasteiger partial charge on any atom is -0.494 e. The van der Waals surface area contributed by atoms with E-state index in [0.29, 0.717) is 0 Å². The van der Waals surface area contributed by atoms with E-state index in [1.165, 1.54) is 0 Å². The van der Waals surface area contributed by atoms with Crippen LogP contribution in [0, 0.1) is 0 Å². The number of imidazole rings is 1. The Kier molecular flexibility index (Phi) is 4.58. The Hall–Kier alpha value is -1.81. The van der Waals surface area contributed by atoms with Crippen LogP contribution in [0.4, 0.5) is 0 Å². The van der Waals surface area contributed by atoms with Gasteiger partial charge in [-0.2, -0.15) is 0 Å². The molecule has 2 rings (SSSR count). The number of nitrogens with one attached hydrogen (secondary N) is 1. The molecule has 0 saturated heterocycles. The molecule has 0 amide bonds. The summed E-state index contributed by atoms with van der Waals surface area (Å²) in [5.41, 5.74) is 1.16. The summed E-state index contributed by atoms with van der Waals surface area (Å²) >= 11 is 0. The molecule has 1 aromatic heterocycles. The van der Waals surface area contributed by atoms with E-state index < -0.39 is 0 Å². The number of benzene rings is 1. The number of hydrogen-bond acceptors (Lipinski definition) is 3. The number of hydrogen-bond donors (Lipinski definition) is 1. The van der Waals surface area contributed by atoms with Crippen LogP contribution in [-0.4, -0.2) is 23.2 Å². The summed E-state index contributed by atoms with van der Waals surface area (Å²) in [6.45, 7) is 2.85.